The fourth-order valence-electron chi connectivity index (χ4n) is 2.35. The molecule has 90 valence electrons. The van der Waals surface area contributed by atoms with Crippen LogP contribution in [0.25, 0.3) is 0 Å². The second-order valence-electron chi connectivity index (χ2n) is 5.51. The van der Waals surface area contributed by atoms with Gasteiger partial charge in [-0.15, -0.1) is 0 Å². The SMILES string of the molecule is CC(C)NC1CN(C(C)C)CC1N(C)C. The molecule has 2 unspecified atom stereocenters. The van der Waals surface area contributed by atoms with Gasteiger partial charge in [0, 0.05) is 37.3 Å². The van der Waals surface area contributed by atoms with E-state index in [1.54, 1.807) is 0 Å². The molecule has 0 spiro atoms. The van der Waals surface area contributed by atoms with E-state index in [2.05, 4.69) is 56.9 Å². The number of hydrogen-bond acceptors (Lipinski definition) is 3. The van der Waals surface area contributed by atoms with Gasteiger partial charge in [-0.3, -0.25) is 4.90 Å². The number of likely N-dealkylation sites (N-methyl/N-ethyl adjacent to an activating group) is 1. The van der Waals surface area contributed by atoms with Crippen molar-refractivity contribution in [2.24, 2.45) is 0 Å². The Bertz CT molecular complexity index is 189. The first-order chi connectivity index (χ1) is 6.91. The fraction of sp³-hybridized carbons (Fsp3) is 1.00. The monoisotopic (exact) mass is 213 g/mol. The highest BCUT2D eigenvalue weighted by atomic mass is 15.3. The van der Waals surface area contributed by atoms with Crippen molar-refractivity contribution in [1.82, 2.24) is 15.1 Å². The topological polar surface area (TPSA) is 18.5 Å². The maximum atomic E-state index is 3.67. The van der Waals surface area contributed by atoms with Crippen molar-refractivity contribution in [1.29, 1.82) is 0 Å². The molecule has 1 aliphatic heterocycles. The van der Waals surface area contributed by atoms with E-state index in [9.17, 15) is 0 Å². The van der Waals surface area contributed by atoms with Crippen molar-refractivity contribution >= 4 is 0 Å². The van der Waals surface area contributed by atoms with Crippen molar-refractivity contribution in [3.63, 3.8) is 0 Å². The van der Waals surface area contributed by atoms with Crippen LogP contribution in [0.1, 0.15) is 27.7 Å². The average molecular weight is 213 g/mol. The second-order valence-corrected chi connectivity index (χ2v) is 5.51. The maximum absolute atomic E-state index is 3.67. The van der Waals surface area contributed by atoms with E-state index in [1.165, 1.54) is 13.1 Å². The molecule has 1 saturated heterocycles. The number of likely N-dealkylation sites (tertiary alicyclic amines) is 1. The van der Waals surface area contributed by atoms with Gasteiger partial charge < -0.3 is 10.2 Å². The Morgan fingerprint density at radius 3 is 2.13 bits per heavy atom. The van der Waals surface area contributed by atoms with Crippen molar-refractivity contribution in [3.05, 3.63) is 0 Å². The lowest BCUT2D eigenvalue weighted by atomic mass is 10.1. The lowest BCUT2D eigenvalue weighted by Gasteiger charge is -2.27. The van der Waals surface area contributed by atoms with Gasteiger partial charge in [-0.2, -0.15) is 0 Å². The highest BCUT2D eigenvalue weighted by Gasteiger charge is 2.34. The predicted molar refractivity (Wildman–Crippen MR) is 66.2 cm³/mol. The number of nitrogens with one attached hydrogen (secondary N) is 1. The maximum Gasteiger partial charge on any atom is 0.0383 e. The summed E-state index contributed by atoms with van der Waals surface area (Å²) in [6.07, 6.45) is 0. The van der Waals surface area contributed by atoms with E-state index >= 15 is 0 Å². The molecule has 1 N–H and O–H groups in total. The summed E-state index contributed by atoms with van der Waals surface area (Å²) >= 11 is 0. The Morgan fingerprint density at radius 1 is 1.13 bits per heavy atom. The first kappa shape index (κ1) is 12.9. The van der Waals surface area contributed by atoms with Crippen LogP contribution in [0, 0.1) is 0 Å². The third kappa shape index (κ3) is 3.44. The minimum Gasteiger partial charge on any atom is -0.309 e. The van der Waals surface area contributed by atoms with Gasteiger partial charge in [-0.05, 0) is 27.9 Å². The van der Waals surface area contributed by atoms with Gasteiger partial charge in [0.2, 0.25) is 0 Å². The van der Waals surface area contributed by atoms with Crippen LogP contribution in [0.4, 0.5) is 0 Å². The smallest absolute Gasteiger partial charge is 0.0383 e. The minimum absolute atomic E-state index is 0.574. The van der Waals surface area contributed by atoms with Gasteiger partial charge in [0.1, 0.15) is 0 Å². The summed E-state index contributed by atoms with van der Waals surface area (Å²) < 4.78 is 0. The molecule has 1 aliphatic rings. The number of rotatable bonds is 4. The molecule has 3 heteroatoms. The highest BCUT2D eigenvalue weighted by Crippen LogP contribution is 2.17. The van der Waals surface area contributed by atoms with Crippen LogP contribution in [0.5, 0.6) is 0 Å². The van der Waals surface area contributed by atoms with Gasteiger partial charge >= 0.3 is 0 Å². The Labute approximate surface area is 94.8 Å². The normalized spacial score (nSPS) is 28.6. The van der Waals surface area contributed by atoms with Crippen molar-refractivity contribution in [2.45, 2.75) is 51.9 Å². The third-order valence-corrected chi connectivity index (χ3v) is 3.26. The molecule has 0 saturated carbocycles. The van der Waals surface area contributed by atoms with Gasteiger partial charge in [0.15, 0.2) is 0 Å². The molecule has 0 radical (unpaired) electrons. The molecule has 3 nitrogen and oxygen atoms in total. The zero-order valence-electron chi connectivity index (χ0n) is 11.1. The van der Waals surface area contributed by atoms with Gasteiger partial charge in [-0.1, -0.05) is 13.8 Å². The lowest BCUT2D eigenvalue weighted by molar-refractivity contribution is 0.233. The molecule has 15 heavy (non-hydrogen) atoms. The van der Waals surface area contributed by atoms with Crippen molar-refractivity contribution in [3.8, 4) is 0 Å². The highest BCUT2D eigenvalue weighted by molar-refractivity contribution is 4.95. The van der Waals surface area contributed by atoms with Crippen LogP contribution in [-0.4, -0.2) is 61.2 Å². The molecular weight excluding hydrogens is 186 g/mol. The molecule has 0 bridgehead atoms. The van der Waals surface area contributed by atoms with Crippen LogP contribution in [-0.2, 0) is 0 Å². The fourth-order valence-corrected chi connectivity index (χ4v) is 2.35. The summed E-state index contributed by atoms with van der Waals surface area (Å²) in [4.78, 5) is 4.91. The predicted octanol–water partition coefficient (Wildman–Crippen LogP) is 1.01. The Balaban J connectivity index is 2.59. The van der Waals surface area contributed by atoms with Crippen LogP contribution < -0.4 is 5.32 Å². The van der Waals surface area contributed by atoms with Gasteiger partial charge in [0.05, 0.1) is 0 Å². The second kappa shape index (κ2) is 5.28. The minimum atomic E-state index is 0.574. The third-order valence-electron chi connectivity index (χ3n) is 3.26. The van der Waals surface area contributed by atoms with E-state index in [0.29, 0.717) is 24.2 Å². The first-order valence-electron chi connectivity index (χ1n) is 6.08. The van der Waals surface area contributed by atoms with Crippen LogP contribution in [0.2, 0.25) is 0 Å². The van der Waals surface area contributed by atoms with Crippen LogP contribution in [0.3, 0.4) is 0 Å². The van der Waals surface area contributed by atoms with Crippen molar-refractivity contribution < 1.29 is 0 Å². The van der Waals surface area contributed by atoms with E-state index in [0.717, 1.165) is 0 Å². The summed E-state index contributed by atoms with van der Waals surface area (Å²) in [5.74, 6) is 0. The molecule has 1 heterocycles. The van der Waals surface area contributed by atoms with E-state index < -0.39 is 0 Å². The van der Waals surface area contributed by atoms with E-state index in [4.69, 9.17) is 0 Å². The summed E-state index contributed by atoms with van der Waals surface area (Å²) in [6.45, 7) is 11.4. The van der Waals surface area contributed by atoms with E-state index in [-0.39, 0.29) is 0 Å². The molecule has 1 fully saturated rings. The Hall–Kier alpha value is -0.120. The molecule has 0 aromatic rings. The zero-order chi connectivity index (χ0) is 11.6. The number of hydrogen-bond donors (Lipinski definition) is 1. The van der Waals surface area contributed by atoms with Gasteiger partial charge in [0.25, 0.3) is 0 Å². The molecule has 0 aromatic heterocycles. The summed E-state index contributed by atoms with van der Waals surface area (Å²) in [6, 6.07) is 2.49. The Morgan fingerprint density at radius 2 is 1.73 bits per heavy atom. The first-order valence-corrected chi connectivity index (χ1v) is 6.08. The summed E-state index contributed by atoms with van der Waals surface area (Å²) in [5, 5.41) is 3.67. The standard InChI is InChI=1S/C12H27N3/c1-9(2)13-11-7-15(10(3)4)8-12(11)14(5)6/h9-13H,7-8H2,1-6H3. The van der Waals surface area contributed by atoms with Crippen LogP contribution in [0.15, 0.2) is 0 Å². The molecule has 0 aromatic carbocycles. The van der Waals surface area contributed by atoms with E-state index in [1.807, 2.05) is 0 Å². The number of nitrogens with zero attached hydrogens (tertiary/aromatic N) is 2. The zero-order valence-corrected chi connectivity index (χ0v) is 11.1. The molecular formula is C12H27N3. The summed E-state index contributed by atoms with van der Waals surface area (Å²) in [5.41, 5.74) is 0. The molecule has 0 amide bonds. The summed E-state index contributed by atoms with van der Waals surface area (Å²) in [7, 11) is 4.37. The van der Waals surface area contributed by atoms with Crippen LogP contribution >= 0.6 is 0 Å². The Kier molecular flexibility index (Phi) is 4.56. The average Bonchev–Trinajstić information content (AvgIpc) is 2.46. The molecule has 0 aliphatic carbocycles. The van der Waals surface area contributed by atoms with Gasteiger partial charge in [-0.25, -0.2) is 0 Å². The lowest BCUT2D eigenvalue weighted by Crippen LogP contribution is -2.48. The molecule has 2 atom stereocenters. The van der Waals surface area contributed by atoms with Crippen molar-refractivity contribution in [2.75, 3.05) is 27.2 Å². The molecule has 1 rings (SSSR count). The quantitative estimate of drug-likeness (QED) is 0.752. The largest absolute Gasteiger partial charge is 0.309 e.